The summed E-state index contributed by atoms with van der Waals surface area (Å²) in [6.07, 6.45) is 3.78. The van der Waals surface area contributed by atoms with Gasteiger partial charge in [0.05, 0.1) is 17.6 Å². The molecule has 0 aliphatic heterocycles. The summed E-state index contributed by atoms with van der Waals surface area (Å²) in [6.45, 7) is 4.66. The SMILES string of the molecule is CCCCc1nc2c(N)nc3ccc(CC)cc3c2n1Cc1cc(O)ccc1O. The van der Waals surface area contributed by atoms with Crippen molar-refractivity contribution in [1.29, 1.82) is 0 Å². The van der Waals surface area contributed by atoms with E-state index >= 15 is 0 Å². The summed E-state index contributed by atoms with van der Waals surface area (Å²) in [6, 6.07) is 10.8. The van der Waals surface area contributed by atoms with E-state index in [9.17, 15) is 10.2 Å². The monoisotopic (exact) mass is 390 g/mol. The number of fused-ring (bicyclic) bond motifs is 3. The number of nitrogen functional groups attached to an aromatic ring is 1. The number of benzene rings is 2. The molecule has 29 heavy (non-hydrogen) atoms. The molecule has 0 bridgehead atoms. The molecule has 0 fully saturated rings. The summed E-state index contributed by atoms with van der Waals surface area (Å²) in [7, 11) is 0. The third kappa shape index (κ3) is 3.46. The number of aromatic hydroxyl groups is 2. The maximum atomic E-state index is 10.3. The number of hydrogen-bond acceptors (Lipinski definition) is 5. The molecule has 0 aliphatic carbocycles. The number of aryl methyl sites for hydroxylation is 2. The Balaban J connectivity index is 2.01. The molecule has 0 amide bonds. The molecular formula is C23H26N4O2. The zero-order chi connectivity index (χ0) is 20.5. The maximum absolute atomic E-state index is 10.3. The Kier molecular flexibility index (Phi) is 5.01. The minimum absolute atomic E-state index is 0.122. The fraction of sp³-hybridized carbons (Fsp3) is 0.304. The molecule has 150 valence electrons. The highest BCUT2D eigenvalue weighted by Gasteiger charge is 2.18. The lowest BCUT2D eigenvalue weighted by molar-refractivity contribution is 0.452. The van der Waals surface area contributed by atoms with E-state index in [1.165, 1.54) is 17.7 Å². The molecule has 2 aromatic heterocycles. The standard InChI is InChI=1S/C23H26N4O2/c1-3-5-6-20-26-21-22(27(20)13-15-12-16(28)8-10-19(15)29)17-11-14(4-2)7-9-18(17)25-23(21)24/h7-12,28-29H,3-6,13H2,1-2H3,(H2,24,25). The predicted molar refractivity (Wildman–Crippen MR) is 116 cm³/mol. The van der Waals surface area contributed by atoms with E-state index < -0.39 is 0 Å². The van der Waals surface area contributed by atoms with E-state index in [1.54, 1.807) is 6.07 Å². The van der Waals surface area contributed by atoms with Crippen molar-refractivity contribution in [2.45, 2.75) is 46.1 Å². The number of anilines is 1. The zero-order valence-electron chi connectivity index (χ0n) is 16.8. The van der Waals surface area contributed by atoms with Crippen molar-refractivity contribution in [1.82, 2.24) is 14.5 Å². The number of phenolic OH excluding ortho intramolecular Hbond substituents is 2. The first-order valence-corrected chi connectivity index (χ1v) is 10.1. The van der Waals surface area contributed by atoms with E-state index in [2.05, 4.69) is 35.5 Å². The Morgan fingerprint density at radius 2 is 1.86 bits per heavy atom. The van der Waals surface area contributed by atoms with Crippen molar-refractivity contribution in [3.05, 3.63) is 53.3 Å². The van der Waals surface area contributed by atoms with Gasteiger partial charge in [0.25, 0.3) is 0 Å². The van der Waals surface area contributed by atoms with Crippen LogP contribution in [0.4, 0.5) is 5.82 Å². The van der Waals surface area contributed by atoms with Gasteiger partial charge in [-0.05, 0) is 48.7 Å². The van der Waals surface area contributed by atoms with Crippen molar-refractivity contribution in [3.63, 3.8) is 0 Å². The first-order chi connectivity index (χ1) is 14.0. The minimum Gasteiger partial charge on any atom is -0.508 e. The van der Waals surface area contributed by atoms with Gasteiger partial charge in [-0.1, -0.05) is 26.3 Å². The number of unbranched alkanes of at least 4 members (excludes halogenated alkanes) is 1. The number of aromatic nitrogens is 3. The van der Waals surface area contributed by atoms with Crippen LogP contribution >= 0.6 is 0 Å². The lowest BCUT2D eigenvalue weighted by atomic mass is 10.1. The lowest BCUT2D eigenvalue weighted by Crippen LogP contribution is -2.06. The average molecular weight is 390 g/mol. The van der Waals surface area contributed by atoms with Crippen LogP contribution in [0.1, 0.15) is 43.6 Å². The number of rotatable bonds is 6. The van der Waals surface area contributed by atoms with Crippen molar-refractivity contribution >= 4 is 27.8 Å². The molecule has 0 saturated carbocycles. The van der Waals surface area contributed by atoms with E-state index in [0.29, 0.717) is 23.4 Å². The quantitative estimate of drug-likeness (QED) is 0.420. The van der Waals surface area contributed by atoms with Crippen LogP contribution in [0, 0.1) is 0 Å². The molecule has 0 saturated heterocycles. The van der Waals surface area contributed by atoms with E-state index in [-0.39, 0.29) is 11.5 Å². The third-order valence-corrected chi connectivity index (χ3v) is 5.40. The van der Waals surface area contributed by atoms with Crippen molar-refractivity contribution in [2.24, 2.45) is 0 Å². The van der Waals surface area contributed by atoms with Crippen molar-refractivity contribution in [3.8, 4) is 11.5 Å². The fourth-order valence-corrected chi connectivity index (χ4v) is 3.79. The van der Waals surface area contributed by atoms with Gasteiger partial charge >= 0.3 is 0 Å². The summed E-state index contributed by atoms with van der Waals surface area (Å²) in [4.78, 5) is 9.40. The van der Waals surface area contributed by atoms with Crippen LogP contribution in [0.2, 0.25) is 0 Å². The lowest BCUT2D eigenvalue weighted by Gasteiger charge is -2.13. The molecule has 2 heterocycles. The molecule has 2 aromatic carbocycles. The Bertz CT molecular complexity index is 1200. The first-order valence-electron chi connectivity index (χ1n) is 10.1. The molecule has 0 atom stereocenters. The topological polar surface area (TPSA) is 97.2 Å². The smallest absolute Gasteiger partial charge is 0.152 e. The number of nitrogens with zero attached hydrogens (tertiary/aromatic N) is 3. The second kappa shape index (κ2) is 7.62. The molecule has 4 rings (SSSR count). The molecule has 4 N–H and O–H groups in total. The Labute approximate surface area is 169 Å². The summed E-state index contributed by atoms with van der Waals surface area (Å²) in [5.41, 5.74) is 10.6. The van der Waals surface area contributed by atoms with Gasteiger partial charge in [-0.2, -0.15) is 0 Å². The highest BCUT2D eigenvalue weighted by atomic mass is 16.3. The zero-order valence-corrected chi connectivity index (χ0v) is 16.8. The van der Waals surface area contributed by atoms with Gasteiger partial charge in [0.1, 0.15) is 22.8 Å². The van der Waals surface area contributed by atoms with E-state index in [4.69, 9.17) is 10.7 Å². The average Bonchev–Trinajstić information content (AvgIpc) is 3.08. The largest absolute Gasteiger partial charge is 0.508 e. The number of phenols is 2. The van der Waals surface area contributed by atoms with Crippen molar-refractivity contribution in [2.75, 3.05) is 5.73 Å². The Hall–Kier alpha value is -3.28. The van der Waals surface area contributed by atoms with Gasteiger partial charge in [-0.15, -0.1) is 0 Å². The normalized spacial score (nSPS) is 11.5. The predicted octanol–water partition coefficient (Wildman–Crippen LogP) is 4.53. The number of imidazole rings is 1. The Morgan fingerprint density at radius 1 is 1.03 bits per heavy atom. The highest BCUT2D eigenvalue weighted by molar-refractivity contribution is 6.06. The van der Waals surface area contributed by atoms with Crippen LogP contribution in [0.25, 0.3) is 21.9 Å². The molecule has 0 spiro atoms. The van der Waals surface area contributed by atoms with Crippen LogP contribution in [0.15, 0.2) is 36.4 Å². The molecule has 6 heteroatoms. The summed E-state index contributed by atoms with van der Waals surface area (Å²) >= 11 is 0. The van der Waals surface area contributed by atoms with Gasteiger partial charge in [0.15, 0.2) is 5.82 Å². The second-order valence-electron chi connectivity index (χ2n) is 7.43. The Morgan fingerprint density at radius 3 is 2.62 bits per heavy atom. The van der Waals surface area contributed by atoms with Crippen LogP contribution < -0.4 is 5.73 Å². The van der Waals surface area contributed by atoms with Gasteiger partial charge in [0, 0.05) is 17.4 Å². The molecule has 0 aliphatic rings. The van der Waals surface area contributed by atoms with Crippen LogP contribution in [-0.2, 0) is 19.4 Å². The molecule has 0 unspecified atom stereocenters. The fourth-order valence-electron chi connectivity index (χ4n) is 3.79. The molecular weight excluding hydrogens is 364 g/mol. The number of hydrogen-bond donors (Lipinski definition) is 3. The first kappa shape index (κ1) is 19.1. The van der Waals surface area contributed by atoms with Crippen LogP contribution in [0.5, 0.6) is 11.5 Å². The summed E-state index contributed by atoms with van der Waals surface area (Å²) in [5.74, 6) is 1.59. The second-order valence-corrected chi connectivity index (χ2v) is 7.43. The molecule has 4 aromatic rings. The maximum Gasteiger partial charge on any atom is 0.152 e. The summed E-state index contributed by atoms with van der Waals surface area (Å²) in [5, 5.41) is 21.3. The molecule has 0 radical (unpaired) electrons. The molecule has 6 nitrogen and oxygen atoms in total. The van der Waals surface area contributed by atoms with Crippen molar-refractivity contribution < 1.29 is 10.2 Å². The van der Waals surface area contributed by atoms with Gasteiger partial charge in [-0.25, -0.2) is 9.97 Å². The number of pyridine rings is 1. The van der Waals surface area contributed by atoms with E-state index in [0.717, 1.165) is 47.9 Å². The minimum atomic E-state index is 0.122. The van der Waals surface area contributed by atoms with Gasteiger partial charge < -0.3 is 20.5 Å². The summed E-state index contributed by atoms with van der Waals surface area (Å²) < 4.78 is 2.11. The van der Waals surface area contributed by atoms with Crippen LogP contribution in [0.3, 0.4) is 0 Å². The van der Waals surface area contributed by atoms with Gasteiger partial charge in [0.2, 0.25) is 0 Å². The van der Waals surface area contributed by atoms with E-state index in [1.807, 2.05) is 6.07 Å². The highest BCUT2D eigenvalue weighted by Crippen LogP contribution is 2.32. The van der Waals surface area contributed by atoms with Crippen LogP contribution in [-0.4, -0.2) is 24.7 Å². The third-order valence-electron chi connectivity index (χ3n) is 5.40. The van der Waals surface area contributed by atoms with Gasteiger partial charge in [-0.3, -0.25) is 0 Å². The number of nitrogens with two attached hydrogens (primary N) is 1.